The number of nitro benzene ring substituents is 1. The van der Waals surface area contributed by atoms with Crippen LogP contribution in [0.3, 0.4) is 0 Å². The predicted molar refractivity (Wildman–Crippen MR) is 68.3 cm³/mol. The van der Waals surface area contributed by atoms with E-state index in [2.05, 4.69) is 0 Å². The van der Waals surface area contributed by atoms with Gasteiger partial charge in [-0.05, 0) is 36.2 Å². The van der Waals surface area contributed by atoms with Crippen molar-refractivity contribution in [3.63, 3.8) is 0 Å². The quantitative estimate of drug-likeness (QED) is 0.597. The molecule has 0 aromatic heterocycles. The lowest BCUT2D eigenvalue weighted by Crippen LogP contribution is -2.07. The Hall–Kier alpha value is -2.37. The number of halogens is 3. The molecule has 0 aliphatic rings. The van der Waals surface area contributed by atoms with Crippen molar-refractivity contribution in [1.29, 1.82) is 0 Å². The van der Waals surface area contributed by atoms with Gasteiger partial charge in [0.25, 0.3) is 5.69 Å². The molecule has 2 aromatic carbocycles. The van der Waals surface area contributed by atoms with E-state index in [1.54, 1.807) is 6.92 Å². The Morgan fingerprint density at radius 2 is 1.65 bits per heavy atom. The second-order valence-corrected chi connectivity index (χ2v) is 4.35. The molecule has 2 rings (SSSR count). The lowest BCUT2D eigenvalue weighted by molar-refractivity contribution is -0.384. The van der Waals surface area contributed by atoms with Gasteiger partial charge in [-0.1, -0.05) is 17.7 Å². The van der Waals surface area contributed by atoms with Crippen LogP contribution in [0.5, 0.6) is 0 Å². The van der Waals surface area contributed by atoms with Crippen molar-refractivity contribution >= 4 is 5.69 Å². The molecule has 0 heterocycles. The largest absolute Gasteiger partial charge is 0.417 e. The summed E-state index contributed by atoms with van der Waals surface area (Å²) in [5.41, 5.74) is 0.0947. The van der Waals surface area contributed by atoms with Gasteiger partial charge in [-0.15, -0.1) is 0 Å². The molecule has 0 saturated heterocycles. The summed E-state index contributed by atoms with van der Waals surface area (Å²) in [6.45, 7) is 1.69. The average molecular weight is 281 g/mol. The molecule has 0 atom stereocenters. The minimum absolute atomic E-state index is 0.0207. The van der Waals surface area contributed by atoms with Crippen molar-refractivity contribution in [3.05, 3.63) is 63.7 Å². The molecule has 0 unspecified atom stereocenters. The number of benzene rings is 2. The fourth-order valence-electron chi connectivity index (χ4n) is 1.91. The van der Waals surface area contributed by atoms with Gasteiger partial charge in [-0.3, -0.25) is 10.1 Å². The van der Waals surface area contributed by atoms with Gasteiger partial charge < -0.3 is 0 Å². The zero-order valence-electron chi connectivity index (χ0n) is 10.4. The number of alkyl halides is 3. The molecule has 0 aliphatic heterocycles. The molecule has 0 aliphatic carbocycles. The van der Waals surface area contributed by atoms with E-state index in [1.165, 1.54) is 36.4 Å². The van der Waals surface area contributed by atoms with Crippen LogP contribution in [-0.4, -0.2) is 4.92 Å². The first-order chi connectivity index (χ1) is 9.29. The Labute approximate surface area is 112 Å². The molecule has 0 amide bonds. The standard InChI is InChI=1S/C14H10F3NO2/c1-9-2-7-13(14(15,16)17)12(8-9)10-3-5-11(6-4-10)18(19)20/h2-8H,1H3. The van der Waals surface area contributed by atoms with Gasteiger partial charge in [-0.25, -0.2) is 0 Å². The summed E-state index contributed by atoms with van der Waals surface area (Å²) in [5, 5.41) is 10.6. The minimum Gasteiger partial charge on any atom is -0.258 e. The van der Waals surface area contributed by atoms with Gasteiger partial charge in [0, 0.05) is 12.1 Å². The third kappa shape index (κ3) is 2.79. The number of nitro groups is 1. The second kappa shape index (κ2) is 4.96. The number of hydrogen-bond donors (Lipinski definition) is 0. The van der Waals surface area contributed by atoms with Crippen LogP contribution in [0.4, 0.5) is 18.9 Å². The van der Waals surface area contributed by atoms with Crippen molar-refractivity contribution in [3.8, 4) is 11.1 Å². The van der Waals surface area contributed by atoms with Gasteiger partial charge in [0.1, 0.15) is 0 Å². The van der Waals surface area contributed by atoms with Crippen LogP contribution in [0.1, 0.15) is 11.1 Å². The van der Waals surface area contributed by atoms with Crippen LogP contribution in [0.25, 0.3) is 11.1 Å². The Bertz CT molecular complexity index is 648. The minimum atomic E-state index is -4.47. The molecule has 0 spiro atoms. The second-order valence-electron chi connectivity index (χ2n) is 4.35. The van der Waals surface area contributed by atoms with Gasteiger partial charge in [0.15, 0.2) is 0 Å². The zero-order chi connectivity index (χ0) is 14.9. The fourth-order valence-corrected chi connectivity index (χ4v) is 1.91. The van der Waals surface area contributed by atoms with Gasteiger partial charge >= 0.3 is 6.18 Å². The van der Waals surface area contributed by atoms with E-state index in [1.807, 2.05) is 0 Å². The summed E-state index contributed by atoms with van der Waals surface area (Å²) in [7, 11) is 0. The zero-order valence-corrected chi connectivity index (χ0v) is 10.4. The SMILES string of the molecule is Cc1ccc(C(F)(F)F)c(-c2ccc([N+](=O)[O-])cc2)c1. The Balaban J connectivity index is 2.56. The van der Waals surface area contributed by atoms with Gasteiger partial charge in [0.2, 0.25) is 0 Å². The Morgan fingerprint density at radius 1 is 1.05 bits per heavy atom. The maximum Gasteiger partial charge on any atom is 0.417 e. The number of nitrogens with zero attached hydrogens (tertiary/aromatic N) is 1. The first kappa shape index (κ1) is 14.0. The number of hydrogen-bond acceptors (Lipinski definition) is 2. The Kier molecular flexibility index (Phi) is 3.48. The maximum absolute atomic E-state index is 13.0. The van der Waals surface area contributed by atoms with E-state index in [9.17, 15) is 23.3 Å². The fraction of sp³-hybridized carbons (Fsp3) is 0.143. The summed E-state index contributed by atoms with van der Waals surface area (Å²) in [6, 6.07) is 8.85. The van der Waals surface area contributed by atoms with Crippen LogP contribution >= 0.6 is 0 Å². The lowest BCUT2D eigenvalue weighted by Gasteiger charge is -2.13. The van der Waals surface area contributed by atoms with Crippen LogP contribution in [-0.2, 0) is 6.18 Å². The summed E-state index contributed by atoms with van der Waals surface area (Å²) in [6.07, 6.45) is -4.47. The van der Waals surface area contributed by atoms with Crippen LogP contribution in [0, 0.1) is 17.0 Å². The molecule has 104 valence electrons. The van der Waals surface area contributed by atoms with E-state index in [0.29, 0.717) is 11.1 Å². The Morgan fingerprint density at radius 3 is 2.15 bits per heavy atom. The highest BCUT2D eigenvalue weighted by molar-refractivity contribution is 5.69. The van der Waals surface area contributed by atoms with E-state index in [4.69, 9.17) is 0 Å². The third-order valence-electron chi connectivity index (χ3n) is 2.87. The number of rotatable bonds is 2. The van der Waals surface area contributed by atoms with E-state index in [-0.39, 0.29) is 11.3 Å². The number of non-ortho nitro benzene ring substituents is 1. The van der Waals surface area contributed by atoms with Crippen molar-refractivity contribution in [2.45, 2.75) is 13.1 Å². The molecule has 0 bridgehead atoms. The van der Waals surface area contributed by atoms with Crippen LogP contribution < -0.4 is 0 Å². The normalized spacial score (nSPS) is 11.4. The molecule has 0 N–H and O–H groups in total. The predicted octanol–water partition coefficient (Wildman–Crippen LogP) is 4.59. The smallest absolute Gasteiger partial charge is 0.258 e. The summed E-state index contributed by atoms with van der Waals surface area (Å²) >= 11 is 0. The van der Waals surface area contributed by atoms with E-state index in [0.717, 1.165) is 6.07 Å². The number of aryl methyl sites for hydroxylation is 1. The average Bonchev–Trinajstić information content (AvgIpc) is 2.37. The topological polar surface area (TPSA) is 43.1 Å². The van der Waals surface area contributed by atoms with Crippen molar-refractivity contribution in [1.82, 2.24) is 0 Å². The summed E-state index contributed by atoms with van der Waals surface area (Å²) in [4.78, 5) is 9.96. The highest BCUT2D eigenvalue weighted by atomic mass is 19.4. The summed E-state index contributed by atoms with van der Waals surface area (Å²) in [5.74, 6) is 0. The van der Waals surface area contributed by atoms with Crippen molar-refractivity contribution in [2.24, 2.45) is 0 Å². The van der Waals surface area contributed by atoms with Gasteiger partial charge in [0.05, 0.1) is 10.5 Å². The first-order valence-corrected chi connectivity index (χ1v) is 5.72. The highest BCUT2D eigenvalue weighted by Crippen LogP contribution is 2.37. The van der Waals surface area contributed by atoms with Crippen molar-refractivity contribution in [2.75, 3.05) is 0 Å². The maximum atomic E-state index is 13.0. The molecule has 6 heteroatoms. The third-order valence-corrected chi connectivity index (χ3v) is 2.87. The molecule has 20 heavy (non-hydrogen) atoms. The summed E-state index contributed by atoms with van der Waals surface area (Å²) < 4.78 is 38.9. The first-order valence-electron chi connectivity index (χ1n) is 5.72. The van der Waals surface area contributed by atoms with Crippen molar-refractivity contribution < 1.29 is 18.1 Å². The molecular weight excluding hydrogens is 271 g/mol. The monoisotopic (exact) mass is 281 g/mol. The van der Waals surface area contributed by atoms with Crippen LogP contribution in [0.2, 0.25) is 0 Å². The van der Waals surface area contributed by atoms with E-state index < -0.39 is 16.7 Å². The van der Waals surface area contributed by atoms with Crippen LogP contribution in [0.15, 0.2) is 42.5 Å². The van der Waals surface area contributed by atoms with Gasteiger partial charge in [-0.2, -0.15) is 13.2 Å². The molecular formula is C14H10F3NO2. The molecule has 0 fully saturated rings. The van der Waals surface area contributed by atoms with E-state index >= 15 is 0 Å². The molecule has 0 saturated carbocycles. The lowest BCUT2D eigenvalue weighted by atomic mass is 9.97. The molecule has 2 aromatic rings. The highest BCUT2D eigenvalue weighted by Gasteiger charge is 2.33. The molecule has 3 nitrogen and oxygen atoms in total. The molecule has 0 radical (unpaired) electrons.